The quantitative estimate of drug-likeness (QED) is 0.679. The summed E-state index contributed by atoms with van der Waals surface area (Å²) in [5, 5.41) is 4.18. The van der Waals surface area contributed by atoms with E-state index in [0.29, 0.717) is 38.5 Å². The number of nitrogens with one attached hydrogen (secondary N) is 1. The number of nitrogens with zero attached hydrogens (tertiary/aromatic N) is 2. The molecule has 184 valence electrons. The van der Waals surface area contributed by atoms with E-state index in [1.165, 1.54) is 41.4 Å². The van der Waals surface area contributed by atoms with Gasteiger partial charge in [0, 0.05) is 62.4 Å². The standard InChI is InChI=1S/C27H37N3O4/c1-29(11-3-4-26(31)28-21-16-34-17-21)27(32)20-6-8-25-23(15-20)22-14-19(5-7-24(22)30(25)2)18-9-12-33-13-10-18/h6,8,15,18-19,21H,3-5,7,9-14,16-17H2,1-2H3,(H,28,31)/t19-/m1/s1. The van der Waals surface area contributed by atoms with E-state index < -0.39 is 0 Å². The molecule has 1 aromatic heterocycles. The number of carbonyl (C=O) groups is 2. The van der Waals surface area contributed by atoms with E-state index in [9.17, 15) is 9.59 Å². The fourth-order valence-corrected chi connectivity index (χ4v) is 5.95. The maximum absolute atomic E-state index is 13.2. The van der Waals surface area contributed by atoms with Gasteiger partial charge in [-0.25, -0.2) is 0 Å². The molecule has 7 heteroatoms. The van der Waals surface area contributed by atoms with Crippen LogP contribution in [0.5, 0.6) is 0 Å². The predicted molar refractivity (Wildman–Crippen MR) is 131 cm³/mol. The number of aryl methyl sites for hydroxylation is 1. The van der Waals surface area contributed by atoms with Crippen molar-refractivity contribution in [1.82, 2.24) is 14.8 Å². The molecule has 1 aliphatic carbocycles. The molecule has 0 radical (unpaired) electrons. The van der Waals surface area contributed by atoms with Gasteiger partial charge in [0.1, 0.15) is 0 Å². The van der Waals surface area contributed by atoms with Crippen molar-refractivity contribution in [3.05, 3.63) is 35.0 Å². The number of ether oxygens (including phenoxy) is 2. The summed E-state index contributed by atoms with van der Waals surface area (Å²) in [4.78, 5) is 26.9. The molecule has 0 unspecified atom stereocenters. The monoisotopic (exact) mass is 467 g/mol. The third-order valence-electron chi connectivity index (χ3n) is 8.08. The largest absolute Gasteiger partial charge is 0.381 e. The van der Waals surface area contributed by atoms with Gasteiger partial charge in [-0.05, 0) is 74.1 Å². The Morgan fingerprint density at radius 2 is 1.91 bits per heavy atom. The molecule has 0 spiro atoms. The molecule has 2 fully saturated rings. The van der Waals surface area contributed by atoms with Crippen LogP contribution in [0.15, 0.2) is 18.2 Å². The summed E-state index contributed by atoms with van der Waals surface area (Å²) in [7, 11) is 3.98. The maximum Gasteiger partial charge on any atom is 0.253 e. The zero-order valence-corrected chi connectivity index (χ0v) is 20.5. The van der Waals surface area contributed by atoms with Crippen LogP contribution in [-0.2, 0) is 34.2 Å². The van der Waals surface area contributed by atoms with Crippen molar-refractivity contribution < 1.29 is 19.1 Å². The van der Waals surface area contributed by atoms with Crippen LogP contribution in [0.4, 0.5) is 0 Å². The van der Waals surface area contributed by atoms with Crippen LogP contribution < -0.4 is 5.32 Å². The van der Waals surface area contributed by atoms with Crippen molar-refractivity contribution in [2.75, 3.05) is 40.0 Å². The van der Waals surface area contributed by atoms with Crippen LogP contribution in [-0.4, -0.2) is 67.3 Å². The predicted octanol–water partition coefficient (Wildman–Crippen LogP) is 3.08. The summed E-state index contributed by atoms with van der Waals surface area (Å²) in [5.74, 6) is 1.51. The molecule has 5 rings (SSSR count). The average Bonchev–Trinajstić information content (AvgIpc) is 3.12. The van der Waals surface area contributed by atoms with Crippen LogP contribution in [0.25, 0.3) is 10.9 Å². The lowest BCUT2D eigenvalue weighted by molar-refractivity contribution is -0.125. The Morgan fingerprint density at radius 3 is 2.65 bits per heavy atom. The molecule has 0 saturated carbocycles. The number of aromatic nitrogens is 1. The van der Waals surface area contributed by atoms with Crippen molar-refractivity contribution in [2.45, 2.75) is 51.0 Å². The lowest BCUT2D eigenvalue weighted by Gasteiger charge is -2.33. The van der Waals surface area contributed by atoms with E-state index in [1.54, 1.807) is 4.90 Å². The number of rotatable bonds is 7. The van der Waals surface area contributed by atoms with E-state index in [1.807, 2.05) is 13.1 Å². The van der Waals surface area contributed by atoms with E-state index in [0.717, 1.165) is 37.5 Å². The van der Waals surface area contributed by atoms with E-state index in [4.69, 9.17) is 9.47 Å². The van der Waals surface area contributed by atoms with Gasteiger partial charge in [0.2, 0.25) is 5.91 Å². The Morgan fingerprint density at radius 1 is 1.12 bits per heavy atom. The van der Waals surface area contributed by atoms with Crippen LogP contribution in [0.2, 0.25) is 0 Å². The fraction of sp³-hybridized carbons (Fsp3) is 0.630. The number of hydrogen-bond donors (Lipinski definition) is 1. The van der Waals surface area contributed by atoms with Crippen LogP contribution in [0.3, 0.4) is 0 Å². The normalized spacial score (nSPS) is 21.2. The van der Waals surface area contributed by atoms with Gasteiger partial charge in [-0.15, -0.1) is 0 Å². The van der Waals surface area contributed by atoms with Gasteiger partial charge in [-0.2, -0.15) is 0 Å². The topological polar surface area (TPSA) is 72.8 Å². The Hall–Kier alpha value is -2.38. The van der Waals surface area contributed by atoms with Crippen molar-refractivity contribution in [2.24, 2.45) is 18.9 Å². The van der Waals surface area contributed by atoms with Crippen LogP contribution in [0, 0.1) is 11.8 Å². The molecule has 3 heterocycles. The molecular formula is C27H37N3O4. The van der Waals surface area contributed by atoms with E-state index in [2.05, 4.69) is 29.1 Å². The van der Waals surface area contributed by atoms with Gasteiger partial charge in [0.25, 0.3) is 5.91 Å². The molecule has 1 N–H and O–H groups in total. The second kappa shape index (κ2) is 10.1. The first-order valence-corrected chi connectivity index (χ1v) is 12.8. The highest BCUT2D eigenvalue weighted by atomic mass is 16.5. The van der Waals surface area contributed by atoms with Gasteiger partial charge >= 0.3 is 0 Å². The summed E-state index contributed by atoms with van der Waals surface area (Å²) in [5.41, 5.74) is 4.81. The Kier molecular flexibility index (Phi) is 6.93. The van der Waals surface area contributed by atoms with Gasteiger partial charge in [-0.3, -0.25) is 9.59 Å². The van der Waals surface area contributed by atoms with Gasteiger partial charge in [0.05, 0.1) is 19.3 Å². The SMILES string of the molecule is CN(CCCC(=O)NC1COC1)C(=O)c1ccc2c(c1)c1c(n2C)CC[C@@H](C2CCOCC2)C1. The molecule has 1 atom stereocenters. The minimum Gasteiger partial charge on any atom is -0.381 e. The van der Waals surface area contributed by atoms with Gasteiger partial charge in [0.15, 0.2) is 0 Å². The molecule has 2 saturated heterocycles. The highest BCUT2D eigenvalue weighted by molar-refractivity contribution is 5.99. The maximum atomic E-state index is 13.2. The number of hydrogen-bond acceptors (Lipinski definition) is 4. The summed E-state index contributed by atoms with van der Waals surface area (Å²) in [6, 6.07) is 6.31. The number of amides is 2. The van der Waals surface area contributed by atoms with E-state index >= 15 is 0 Å². The lowest BCUT2D eigenvalue weighted by Crippen LogP contribution is -2.48. The van der Waals surface area contributed by atoms with Crippen LogP contribution >= 0.6 is 0 Å². The van der Waals surface area contributed by atoms with E-state index in [-0.39, 0.29) is 17.9 Å². The molecule has 1 aromatic carbocycles. The number of fused-ring (bicyclic) bond motifs is 3. The number of carbonyl (C=O) groups excluding carboxylic acids is 2. The summed E-state index contributed by atoms with van der Waals surface area (Å²) < 4.78 is 13.0. The van der Waals surface area contributed by atoms with Gasteiger partial charge in [-0.1, -0.05) is 0 Å². The molecule has 34 heavy (non-hydrogen) atoms. The smallest absolute Gasteiger partial charge is 0.253 e. The summed E-state index contributed by atoms with van der Waals surface area (Å²) in [6.07, 6.45) is 6.88. The van der Waals surface area contributed by atoms with Crippen molar-refractivity contribution >= 4 is 22.7 Å². The fourth-order valence-electron chi connectivity index (χ4n) is 5.95. The molecule has 0 bridgehead atoms. The zero-order chi connectivity index (χ0) is 23.7. The molecule has 3 aliphatic rings. The Labute approximate surface area is 201 Å². The third-order valence-corrected chi connectivity index (χ3v) is 8.08. The molecule has 2 amide bonds. The number of benzene rings is 1. The van der Waals surface area contributed by atoms with Crippen LogP contribution in [0.1, 0.15) is 53.7 Å². The minimum absolute atomic E-state index is 0.0177. The zero-order valence-electron chi connectivity index (χ0n) is 20.5. The Bertz CT molecular complexity index is 1050. The summed E-state index contributed by atoms with van der Waals surface area (Å²) >= 11 is 0. The average molecular weight is 468 g/mol. The Balaban J connectivity index is 1.25. The van der Waals surface area contributed by atoms with Crippen molar-refractivity contribution in [3.8, 4) is 0 Å². The summed E-state index contributed by atoms with van der Waals surface area (Å²) in [6.45, 7) is 3.55. The second-order valence-electron chi connectivity index (χ2n) is 10.3. The first-order valence-electron chi connectivity index (χ1n) is 12.8. The third kappa shape index (κ3) is 4.73. The first kappa shape index (κ1) is 23.4. The molecular weight excluding hydrogens is 430 g/mol. The highest BCUT2D eigenvalue weighted by Crippen LogP contribution is 2.39. The minimum atomic E-state index is 0.0177. The first-order chi connectivity index (χ1) is 16.5. The lowest BCUT2D eigenvalue weighted by atomic mass is 9.75. The highest BCUT2D eigenvalue weighted by Gasteiger charge is 2.31. The van der Waals surface area contributed by atoms with Crippen molar-refractivity contribution in [3.63, 3.8) is 0 Å². The molecule has 2 aromatic rings. The van der Waals surface area contributed by atoms with Crippen molar-refractivity contribution in [1.29, 1.82) is 0 Å². The second-order valence-corrected chi connectivity index (χ2v) is 10.3. The molecule has 7 nitrogen and oxygen atoms in total. The van der Waals surface area contributed by atoms with Gasteiger partial charge < -0.3 is 24.3 Å². The molecule has 2 aliphatic heterocycles.